The lowest BCUT2D eigenvalue weighted by molar-refractivity contribution is 0.0468. The molecule has 156 valence electrons. The van der Waals surface area contributed by atoms with E-state index in [4.69, 9.17) is 9.72 Å². The molecule has 0 unspecified atom stereocenters. The van der Waals surface area contributed by atoms with E-state index in [0.717, 1.165) is 59.8 Å². The van der Waals surface area contributed by atoms with Gasteiger partial charge in [-0.3, -0.25) is 14.2 Å². The van der Waals surface area contributed by atoms with Gasteiger partial charge in [0, 0.05) is 23.3 Å². The van der Waals surface area contributed by atoms with Crippen LogP contribution in [-0.4, -0.2) is 20.3 Å². The average Bonchev–Trinajstić information content (AvgIpc) is 3.02. The van der Waals surface area contributed by atoms with Gasteiger partial charge in [-0.15, -0.1) is 0 Å². The van der Waals surface area contributed by atoms with Gasteiger partial charge in [-0.25, -0.2) is 9.78 Å². The summed E-state index contributed by atoms with van der Waals surface area (Å²) in [5.74, 6) is -0.386. The van der Waals surface area contributed by atoms with Crippen molar-refractivity contribution in [1.29, 1.82) is 0 Å². The first-order chi connectivity index (χ1) is 15.1. The fraction of sp³-hybridized carbons (Fsp3) is 0.280. The molecule has 0 saturated heterocycles. The van der Waals surface area contributed by atoms with Crippen LogP contribution in [0.25, 0.3) is 16.6 Å². The Labute approximate surface area is 179 Å². The molecule has 3 heterocycles. The summed E-state index contributed by atoms with van der Waals surface area (Å²) in [6.45, 7) is 1.85. The summed E-state index contributed by atoms with van der Waals surface area (Å²) in [6, 6.07) is 12.8. The zero-order valence-corrected chi connectivity index (χ0v) is 17.4. The van der Waals surface area contributed by atoms with Crippen LogP contribution in [0.1, 0.15) is 52.1 Å². The van der Waals surface area contributed by atoms with Gasteiger partial charge in [-0.1, -0.05) is 30.7 Å². The highest BCUT2D eigenvalue weighted by Gasteiger charge is 2.23. The molecule has 0 atom stereocenters. The Hall–Kier alpha value is -3.54. The molecule has 0 fully saturated rings. The monoisotopic (exact) mass is 413 g/mol. The van der Waals surface area contributed by atoms with Gasteiger partial charge in [-0.2, -0.15) is 0 Å². The Morgan fingerprint density at radius 2 is 1.90 bits per heavy atom. The number of rotatable bonds is 3. The molecule has 0 aliphatic heterocycles. The number of hydrogen-bond donors (Lipinski definition) is 0. The minimum atomic E-state index is -0.386. The highest BCUT2D eigenvalue weighted by atomic mass is 16.5. The highest BCUT2D eigenvalue weighted by Crippen LogP contribution is 2.29. The summed E-state index contributed by atoms with van der Waals surface area (Å²) in [5, 5.41) is 0.815. The Balaban J connectivity index is 1.51. The summed E-state index contributed by atoms with van der Waals surface area (Å²) in [4.78, 5) is 35.1. The Morgan fingerprint density at radius 3 is 2.81 bits per heavy atom. The maximum absolute atomic E-state index is 13.3. The number of ether oxygens (including phenoxy) is 1. The van der Waals surface area contributed by atoms with Crippen molar-refractivity contribution in [2.45, 2.75) is 45.6 Å². The lowest BCUT2D eigenvalue weighted by atomic mass is 9.97. The van der Waals surface area contributed by atoms with Gasteiger partial charge >= 0.3 is 5.97 Å². The molecule has 6 heteroatoms. The quantitative estimate of drug-likeness (QED) is 0.372. The van der Waals surface area contributed by atoms with Gasteiger partial charge in [0.05, 0.1) is 16.8 Å². The molecule has 4 aromatic rings. The number of aromatic nitrogens is 3. The zero-order valence-electron chi connectivity index (χ0n) is 17.4. The Kier molecular flexibility index (Phi) is 4.98. The first-order valence-corrected chi connectivity index (χ1v) is 10.7. The van der Waals surface area contributed by atoms with Crippen LogP contribution < -0.4 is 5.56 Å². The Bertz CT molecular complexity index is 1370. The number of carbonyl (C=O) groups excluding carboxylic acids is 1. The van der Waals surface area contributed by atoms with Crippen LogP contribution in [0, 0.1) is 6.92 Å². The maximum Gasteiger partial charge on any atom is 0.339 e. The summed E-state index contributed by atoms with van der Waals surface area (Å²) in [6.07, 6.45) is 6.64. The first-order valence-electron chi connectivity index (χ1n) is 10.7. The number of nitrogens with zero attached hydrogens (tertiary/aromatic N) is 3. The second kappa shape index (κ2) is 7.95. The van der Waals surface area contributed by atoms with E-state index in [9.17, 15) is 9.59 Å². The molecule has 0 radical (unpaired) electrons. The van der Waals surface area contributed by atoms with E-state index in [0.29, 0.717) is 16.9 Å². The molecule has 1 aromatic carbocycles. The van der Waals surface area contributed by atoms with Crippen molar-refractivity contribution < 1.29 is 9.53 Å². The largest absolute Gasteiger partial charge is 0.456 e. The molecular weight excluding hydrogens is 390 g/mol. The van der Waals surface area contributed by atoms with E-state index in [1.807, 2.05) is 43.3 Å². The van der Waals surface area contributed by atoms with Gasteiger partial charge in [0.2, 0.25) is 0 Å². The third kappa shape index (κ3) is 3.58. The number of hydrogen-bond acceptors (Lipinski definition) is 5. The lowest BCUT2D eigenvalue weighted by Gasteiger charge is -2.15. The summed E-state index contributed by atoms with van der Waals surface area (Å²) in [5.41, 5.74) is 5.14. The topological polar surface area (TPSA) is 73.6 Å². The van der Waals surface area contributed by atoms with Gasteiger partial charge < -0.3 is 4.74 Å². The van der Waals surface area contributed by atoms with Crippen molar-refractivity contribution in [1.82, 2.24) is 14.4 Å². The molecule has 0 spiro atoms. The van der Waals surface area contributed by atoms with Crippen molar-refractivity contribution in [3.05, 3.63) is 87.1 Å². The van der Waals surface area contributed by atoms with Gasteiger partial charge in [0.1, 0.15) is 12.3 Å². The molecule has 5 rings (SSSR count). The number of para-hydroxylation sites is 1. The number of fused-ring (bicyclic) bond motifs is 3. The molecule has 0 N–H and O–H groups in total. The first kappa shape index (κ1) is 19.4. The minimum Gasteiger partial charge on any atom is -0.456 e. The maximum atomic E-state index is 13.3. The van der Waals surface area contributed by atoms with Gasteiger partial charge in [0.15, 0.2) is 0 Å². The minimum absolute atomic E-state index is 0.0513. The molecule has 0 bridgehead atoms. The smallest absolute Gasteiger partial charge is 0.339 e. The van der Waals surface area contributed by atoms with Crippen molar-refractivity contribution in [3.8, 4) is 0 Å². The van der Waals surface area contributed by atoms with Crippen molar-refractivity contribution in [2.75, 3.05) is 0 Å². The standard InChI is InChI=1S/C25H23N3O3/c1-16-8-7-13-28-22(29)14-17(26-24(16)28)15-31-25(30)23-18-9-3-2-4-11-20(18)27-21-12-6-5-10-19(21)23/h5-8,10,12-14H,2-4,9,11,15H2,1H3. The van der Waals surface area contributed by atoms with Crippen LogP contribution in [0.5, 0.6) is 0 Å². The fourth-order valence-corrected chi connectivity index (χ4v) is 4.38. The third-order valence-corrected chi connectivity index (χ3v) is 5.91. The predicted molar refractivity (Wildman–Crippen MR) is 118 cm³/mol. The molecular formula is C25H23N3O3. The molecule has 3 aromatic heterocycles. The van der Waals surface area contributed by atoms with Gasteiger partial charge in [-0.05, 0) is 55.9 Å². The highest BCUT2D eigenvalue weighted by molar-refractivity contribution is 6.05. The van der Waals surface area contributed by atoms with E-state index in [2.05, 4.69) is 4.98 Å². The molecule has 1 aliphatic rings. The molecule has 6 nitrogen and oxygen atoms in total. The molecule has 1 aliphatic carbocycles. The van der Waals surface area contributed by atoms with Crippen LogP contribution in [0.4, 0.5) is 0 Å². The summed E-state index contributed by atoms with van der Waals surface area (Å²) in [7, 11) is 0. The van der Waals surface area contributed by atoms with Crippen LogP contribution in [0.15, 0.2) is 53.5 Å². The number of carbonyl (C=O) groups is 1. The summed E-state index contributed by atoms with van der Waals surface area (Å²) >= 11 is 0. The van der Waals surface area contributed by atoms with E-state index < -0.39 is 0 Å². The Morgan fingerprint density at radius 1 is 1.06 bits per heavy atom. The van der Waals surface area contributed by atoms with Crippen molar-refractivity contribution in [3.63, 3.8) is 0 Å². The number of aryl methyl sites for hydroxylation is 2. The second-order valence-corrected chi connectivity index (χ2v) is 8.04. The normalized spacial score (nSPS) is 13.7. The zero-order chi connectivity index (χ0) is 21.4. The fourth-order valence-electron chi connectivity index (χ4n) is 4.38. The average molecular weight is 413 g/mol. The van der Waals surface area contributed by atoms with Crippen LogP contribution >= 0.6 is 0 Å². The number of benzene rings is 1. The van der Waals surface area contributed by atoms with Crippen LogP contribution in [0.2, 0.25) is 0 Å². The number of pyridine rings is 2. The molecule has 0 amide bonds. The third-order valence-electron chi connectivity index (χ3n) is 5.91. The molecule has 31 heavy (non-hydrogen) atoms. The summed E-state index contributed by atoms with van der Waals surface area (Å²) < 4.78 is 7.19. The van der Waals surface area contributed by atoms with E-state index in [1.54, 1.807) is 6.20 Å². The second-order valence-electron chi connectivity index (χ2n) is 8.04. The van der Waals surface area contributed by atoms with Crippen molar-refractivity contribution >= 4 is 22.5 Å². The van der Waals surface area contributed by atoms with E-state index in [1.165, 1.54) is 10.5 Å². The van der Waals surface area contributed by atoms with Crippen LogP contribution in [0.3, 0.4) is 0 Å². The van der Waals surface area contributed by atoms with Gasteiger partial charge in [0.25, 0.3) is 5.56 Å². The van der Waals surface area contributed by atoms with Crippen molar-refractivity contribution in [2.24, 2.45) is 0 Å². The van der Waals surface area contributed by atoms with E-state index >= 15 is 0 Å². The predicted octanol–water partition coefficient (Wildman–Crippen LogP) is 4.18. The number of esters is 1. The van der Waals surface area contributed by atoms with E-state index in [-0.39, 0.29) is 18.1 Å². The SMILES string of the molecule is Cc1cccn2c(=O)cc(COC(=O)c3c4c(nc5ccccc35)CCCCC4)nc12. The lowest BCUT2D eigenvalue weighted by Crippen LogP contribution is -2.18. The van der Waals surface area contributed by atoms with Crippen LogP contribution in [-0.2, 0) is 24.2 Å². The molecule has 0 saturated carbocycles.